The van der Waals surface area contributed by atoms with Crippen molar-refractivity contribution in [3.8, 4) is 0 Å². The minimum atomic E-state index is -4.51. The van der Waals surface area contributed by atoms with Crippen LogP contribution in [-0.4, -0.2) is 26.8 Å². The topological polar surface area (TPSA) is 37.4 Å². The van der Waals surface area contributed by atoms with Gasteiger partial charge in [-0.1, -0.05) is 30.3 Å². The van der Waals surface area contributed by atoms with E-state index in [1.807, 2.05) is 0 Å². The smallest absolute Gasteiger partial charge is 0.207 e. The Labute approximate surface area is 141 Å². The van der Waals surface area contributed by atoms with Crippen LogP contribution in [-0.2, 0) is 15.8 Å². The normalized spacial score (nSPS) is 12.0. The molecule has 0 fully saturated rings. The van der Waals surface area contributed by atoms with Gasteiger partial charge in [-0.2, -0.15) is 0 Å². The number of halogens is 4. The van der Waals surface area contributed by atoms with E-state index < -0.39 is 43.1 Å². The van der Waals surface area contributed by atoms with Gasteiger partial charge in [0, 0.05) is 19.8 Å². The van der Waals surface area contributed by atoms with E-state index in [1.165, 1.54) is 0 Å². The van der Waals surface area contributed by atoms with Crippen molar-refractivity contribution < 1.29 is 26.0 Å². The summed E-state index contributed by atoms with van der Waals surface area (Å²) in [5, 5.41) is 0. The van der Waals surface area contributed by atoms with E-state index in [9.17, 15) is 26.0 Å². The first-order valence-corrected chi connectivity index (χ1v) is 9.05. The Balaban J connectivity index is 2.61. The van der Waals surface area contributed by atoms with Crippen LogP contribution in [0.4, 0.5) is 17.6 Å². The highest BCUT2D eigenvalue weighted by atomic mass is 32.2. The lowest BCUT2D eigenvalue weighted by Crippen LogP contribution is -2.25. The first kappa shape index (κ1) is 18.8. The van der Waals surface area contributed by atoms with E-state index in [-0.39, 0.29) is 5.75 Å². The molecule has 2 rings (SSSR count). The molecule has 24 heavy (non-hydrogen) atoms. The SMILES string of the molecule is CN(C)S(=O)(=O)c1c(F)c(F)c(F)c(F)c1SCc1ccccc1. The number of benzene rings is 2. The zero-order valence-corrected chi connectivity index (χ0v) is 14.3. The molecule has 0 aliphatic rings. The fourth-order valence-electron chi connectivity index (χ4n) is 1.86. The quantitative estimate of drug-likeness (QED) is 0.343. The van der Waals surface area contributed by atoms with Gasteiger partial charge in [0.05, 0.1) is 4.90 Å². The van der Waals surface area contributed by atoms with Crippen LogP contribution < -0.4 is 0 Å². The lowest BCUT2D eigenvalue weighted by molar-refractivity contribution is 0.379. The average molecular weight is 379 g/mol. The molecule has 0 saturated heterocycles. The van der Waals surface area contributed by atoms with Gasteiger partial charge in [-0.25, -0.2) is 30.3 Å². The fraction of sp³-hybridized carbons (Fsp3) is 0.200. The first-order valence-electron chi connectivity index (χ1n) is 6.63. The van der Waals surface area contributed by atoms with Crippen molar-refractivity contribution in [2.45, 2.75) is 15.5 Å². The summed E-state index contributed by atoms with van der Waals surface area (Å²) in [7, 11) is -2.35. The van der Waals surface area contributed by atoms with E-state index in [1.54, 1.807) is 30.3 Å². The molecule has 0 spiro atoms. The van der Waals surface area contributed by atoms with Gasteiger partial charge in [0.15, 0.2) is 23.3 Å². The first-order chi connectivity index (χ1) is 11.2. The molecule has 0 aromatic heterocycles. The molecule has 2 aromatic rings. The molecule has 130 valence electrons. The predicted molar refractivity (Wildman–Crippen MR) is 83.1 cm³/mol. The Bertz CT molecular complexity index is 856. The van der Waals surface area contributed by atoms with E-state index >= 15 is 0 Å². The number of rotatable bonds is 5. The Morgan fingerprint density at radius 2 is 1.46 bits per heavy atom. The third-order valence-corrected chi connectivity index (χ3v) is 6.29. The molecule has 2 aromatic carbocycles. The zero-order chi connectivity index (χ0) is 18.1. The van der Waals surface area contributed by atoms with Crippen molar-refractivity contribution in [2.24, 2.45) is 0 Å². The molecule has 3 nitrogen and oxygen atoms in total. The zero-order valence-electron chi connectivity index (χ0n) is 12.7. The molecule has 0 N–H and O–H groups in total. The summed E-state index contributed by atoms with van der Waals surface area (Å²) in [6, 6.07) is 8.52. The minimum absolute atomic E-state index is 0.0538. The number of hydrogen-bond donors (Lipinski definition) is 0. The van der Waals surface area contributed by atoms with Crippen LogP contribution in [0.25, 0.3) is 0 Å². The van der Waals surface area contributed by atoms with Crippen LogP contribution >= 0.6 is 11.8 Å². The molecule has 0 bridgehead atoms. The van der Waals surface area contributed by atoms with Crippen molar-refractivity contribution in [1.82, 2.24) is 4.31 Å². The van der Waals surface area contributed by atoms with Gasteiger partial charge in [-0.3, -0.25) is 0 Å². The van der Waals surface area contributed by atoms with E-state index in [2.05, 4.69) is 0 Å². The minimum Gasteiger partial charge on any atom is -0.207 e. The Morgan fingerprint density at radius 1 is 0.917 bits per heavy atom. The fourth-order valence-corrected chi connectivity index (χ4v) is 4.30. The Morgan fingerprint density at radius 3 is 2.00 bits per heavy atom. The van der Waals surface area contributed by atoms with Gasteiger partial charge >= 0.3 is 0 Å². The lowest BCUT2D eigenvalue weighted by Gasteiger charge is -2.17. The highest BCUT2D eigenvalue weighted by Gasteiger charge is 2.34. The molecule has 0 unspecified atom stereocenters. The maximum absolute atomic E-state index is 14.1. The number of nitrogens with zero attached hydrogens (tertiary/aromatic N) is 1. The highest BCUT2D eigenvalue weighted by molar-refractivity contribution is 7.99. The second-order valence-corrected chi connectivity index (χ2v) is 8.05. The van der Waals surface area contributed by atoms with Crippen molar-refractivity contribution in [1.29, 1.82) is 0 Å². The van der Waals surface area contributed by atoms with Gasteiger partial charge in [0.25, 0.3) is 0 Å². The summed E-state index contributed by atoms with van der Waals surface area (Å²) in [4.78, 5) is -1.99. The maximum Gasteiger partial charge on any atom is 0.246 e. The molecule has 0 aliphatic heterocycles. The summed E-state index contributed by atoms with van der Waals surface area (Å²) in [6.45, 7) is 0. The molecular formula is C15H13F4NO2S2. The summed E-state index contributed by atoms with van der Waals surface area (Å²) in [5.41, 5.74) is 0.681. The third-order valence-electron chi connectivity index (χ3n) is 3.15. The largest absolute Gasteiger partial charge is 0.246 e. The Hall–Kier alpha value is -1.58. The van der Waals surface area contributed by atoms with Crippen LogP contribution in [0.1, 0.15) is 5.56 Å². The van der Waals surface area contributed by atoms with Crippen molar-refractivity contribution in [3.05, 3.63) is 59.2 Å². The molecule has 9 heteroatoms. The maximum atomic E-state index is 14.1. The molecule has 0 radical (unpaired) electrons. The van der Waals surface area contributed by atoms with Crippen LogP contribution in [0.3, 0.4) is 0 Å². The van der Waals surface area contributed by atoms with Crippen LogP contribution in [0, 0.1) is 23.3 Å². The molecule has 0 atom stereocenters. The lowest BCUT2D eigenvalue weighted by atomic mass is 10.2. The highest BCUT2D eigenvalue weighted by Crippen LogP contribution is 2.37. The summed E-state index contributed by atoms with van der Waals surface area (Å²) >= 11 is 0.581. The monoisotopic (exact) mass is 379 g/mol. The summed E-state index contributed by atoms with van der Waals surface area (Å²) in [5.74, 6) is -7.80. The number of sulfonamides is 1. The van der Waals surface area contributed by atoms with E-state index in [4.69, 9.17) is 0 Å². The number of thioether (sulfide) groups is 1. The molecule has 0 heterocycles. The van der Waals surface area contributed by atoms with Crippen LogP contribution in [0.5, 0.6) is 0 Å². The molecule has 0 amide bonds. The number of hydrogen-bond acceptors (Lipinski definition) is 3. The summed E-state index contributed by atoms with van der Waals surface area (Å²) < 4.78 is 80.3. The molecule has 0 aliphatic carbocycles. The second-order valence-electron chi connectivity index (χ2n) is 4.98. The van der Waals surface area contributed by atoms with E-state index in [0.717, 1.165) is 14.1 Å². The Kier molecular flexibility index (Phi) is 5.56. The average Bonchev–Trinajstić information content (AvgIpc) is 2.55. The van der Waals surface area contributed by atoms with Crippen LogP contribution in [0.2, 0.25) is 0 Å². The predicted octanol–water partition coefficient (Wildman–Crippen LogP) is 3.79. The van der Waals surface area contributed by atoms with Crippen LogP contribution in [0.15, 0.2) is 40.1 Å². The van der Waals surface area contributed by atoms with Gasteiger partial charge in [-0.05, 0) is 5.56 Å². The van der Waals surface area contributed by atoms with E-state index in [0.29, 0.717) is 21.6 Å². The van der Waals surface area contributed by atoms with Gasteiger partial charge in [-0.15, -0.1) is 11.8 Å². The molecule has 0 saturated carbocycles. The molecular weight excluding hydrogens is 366 g/mol. The van der Waals surface area contributed by atoms with Gasteiger partial charge in [0.2, 0.25) is 10.0 Å². The standard InChI is InChI=1S/C15H13F4NO2S2/c1-20(2)24(21,22)15-13(19)11(17)10(16)12(18)14(15)23-8-9-6-4-3-5-7-9/h3-7H,8H2,1-2H3. The third kappa shape index (κ3) is 3.42. The van der Waals surface area contributed by atoms with Crippen molar-refractivity contribution in [3.63, 3.8) is 0 Å². The van der Waals surface area contributed by atoms with Gasteiger partial charge < -0.3 is 0 Å². The van der Waals surface area contributed by atoms with Crippen molar-refractivity contribution in [2.75, 3.05) is 14.1 Å². The second kappa shape index (κ2) is 7.12. The van der Waals surface area contributed by atoms with Crippen molar-refractivity contribution >= 4 is 21.8 Å². The summed E-state index contributed by atoms with van der Waals surface area (Å²) in [6.07, 6.45) is 0. The van der Waals surface area contributed by atoms with Gasteiger partial charge in [0.1, 0.15) is 4.90 Å².